The number of aryl methyl sites for hydroxylation is 1. The zero-order valence-corrected chi connectivity index (χ0v) is 11.9. The van der Waals surface area contributed by atoms with Crippen LogP contribution in [0.4, 0.5) is 0 Å². The smallest absolute Gasteiger partial charge is 0.304 e. The van der Waals surface area contributed by atoms with Gasteiger partial charge < -0.3 is 9.84 Å². The maximum absolute atomic E-state index is 11.3. The van der Waals surface area contributed by atoms with Crippen LogP contribution < -0.4 is 0 Å². The largest absolute Gasteiger partial charge is 0.481 e. The second kappa shape index (κ2) is 4.97. The van der Waals surface area contributed by atoms with Crippen LogP contribution in [-0.4, -0.2) is 23.3 Å². The standard InChI is InChI=1S/C16H22O3/c1-12-6-4-5-7-13(12)16(10-14(17)18)8-9-19-15(2,3)11-16/h4-7H,8-11H2,1-3H3,(H,17,18)/t16-/m0/s1. The molecule has 0 saturated carbocycles. The molecule has 1 aliphatic heterocycles. The monoisotopic (exact) mass is 262 g/mol. The van der Waals surface area contributed by atoms with Gasteiger partial charge in [-0.3, -0.25) is 4.79 Å². The lowest BCUT2D eigenvalue weighted by Gasteiger charge is -2.45. The summed E-state index contributed by atoms with van der Waals surface area (Å²) in [6.45, 7) is 6.76. The molecule has 19 heavy (non-hydrogen) atoms. The van der Waals surface area contributed by atoms with Crippen molar-refractivity contribution in [2.24, 2.45) is 0 Å². The summed E-state index contributed by atoms with van der Waals surface area (Å²) in [5.74, 6) is -0.735. The maximum Gasteiger partial charge on any atom is 0.304 e. The van der Waals surface area contributed by atoms with Crippen molar-refractivity contribution in [1.82, 2.24) is 0 Å². The lowest BCUT2D eigenvalue weighted by Crippen LogP contribution is -2.45. The number of hydrogen-bond acceptors (Lipinski definition) is 2. The summed E-state index contributed by atoms with van der Waals surface area (Å²) in [6, 6.07) is 8.12. The second-order valence-corrected chi connectivity index (χ2v) is 6.20. The van der Waals surface area contributed by atoms with E-state index in [-0.39, 0.29) is 17.4 Å². The van der Waals surface area contributed by atoms with Gasteiger partial charge in [0.1, 0.15) is 0 Å². The predicted molar refractivity (Wildman–Crippen MR) is 74.4 cm³/mol. The number of carboxylic acids is 1. The molecule has 104 valence electrons. The molecule has 0 aromatic heterocycles. The summed E-state index contributed by atoms with van der Waals surface area (Å²) < 4.78 is 5.77. The predicted octanol–water partition coefficient (Wildman–Crippen LogP) is 3.30. The molecule has 0 unspecified atom stereocenters. The Morgan fingerprint density at radius 3 is 2.63 bits per heavy atom. The Bertz CT molecular complexity index is 479. The first kappa shape index (κ1) is 14.1. The van der Waals surface area contributed by atoms with Gasteiger partial charge in [-0.05, 0) is 44.7 Å². The maximum atomic E-state index is 11.3. The van der Waals surface area contributed by atoms with Crippen molar-refractivity contribution in [1.29, 1.82) is 0 Å². The SMILES string of the molecule is Cc1ccccc1[C@]1(CC(=O)O)CCOC(C)(C)C1. The highest BCUT2D eigenvalue weighted by Crippen LogP contribution is 2.45. The molecule has 1 heterocycles. The van der Waals surface area contributed by atoms with Crippen LogP contribution in [-0.2, 0) is 14.9 Å². The molecule has 1 saturated heterocycles. The van der Waals surface area contributed by atoms with E-state index in [0.29, 0.717) is 6.61 Å². The fourth-order valence-electron chi connectivity index (χ4n) is 3.41. The number of benzene rings is 1. The van der Waals surface area contributed by atoms with Gasteiger partial charge in [-0.2, -0.15) is 0 Å². The minimum atomic E-state index is -0.735. The van der Waals surface area contributed by atoms with Gasteiger partial charge in [0.2, 0.25) is 0 Å². The van der Waals surface area contributed by atoms with Crippen LogP contribution in [0.1, 0.15) is 44.2 Å². The van der Waals surface area contributed by atoms with E-state index in [2.05, 4.69) is 19.1 Å². The summed E-state index contributed by atoms with van der Waals surface area (Å²) in [4.78, 5) is 11.3. The van der Waals surface area contributed by atoms with Crippen LogP contribution in [0.2, 0.25) is 0 Å². The molecule has 0 aliphatic carbocycles. The fourth-order valence-corrected chi connectivity index (χ4v) is 3.41. The van der Waals surface area contributed by atoms with E-state index in [4.69, 9.17) is 4.74 Å². The van der Waals surface area contributed by atoms with Crippen molar-refractivity contribution in [3.63, 3.8) is 0 Å². The van der Waals surface area contributed by atoms with Gasteiger partial charge in [0.25, 0.3) is 0 Å². The van der Waals surface area contributed by atoms with E-state index in [1.54, 1.807) is 0 Å². The van der Waals surface area contributed by atoms with E-state index in [1.807, 2.05) is 26.0 Å². The van der Waals surface area contributed by atoms with Crippen LogP contribution >= 0.6 is 0 Å². The van der Waals surface area contributed by atoms with Gasteiger partial charge in [-0.25, -0.2) is 0 Å². The van der Waals surface area contributed by atoms with Crippen molar-refractivity contribution in [3.05, 3.63) is 35.4 Å². The highest BCUT2D eigenvalue weighted by atomic mass is 16.5. The summed E-state index contributed by atoms with van der Waals surface area (Å²) in [5.41, 5.74) is 1.75. The van der Waals surface area contributed by atoms with Gasteiger partial charge in [0.05, 0.1) is 12.0 Å². The third-order valence-electron chi connectivity index (χ3n) is 4.04. The molecule has 2 rings (SSSR count). The first-order chi connectivity index (χ1) is 8.85. The van der Waals surface area contributed by atoms with Crippen LogP contribution in [0.25, 0.3) is 0 Å². The fraction of sp³-hybridized carbons (Fsp3) is 0.562. The molecule has 3 nitrogen and oxygen atoms in total. The normalized spacial score (nSPS) is 26.1. The number of ether oxygens (including phenoxy) is 1. The van der Waals surface area contributed by atoms with E-state index < -0.39 is 5.97 Å². The Labute approximate surface area is 114 Å². The van der Waals surface area contributed by atoms with E-state index in [1.165, 1.54) is 5.56 Å². The van der Waals surface area contributed by atoms with Crippen LogP contribution in [0, 0.1) is 6.92 Å². The van der Waals surface area contributed by atoms with Crippen molar-refractivity contribution in [2.75, 3.05) is 6.61 Å². The van der Waals surface area contributed by atoms with E-state index >= 15 is 0 Å². The Morgan fingerprint density at radius 2 is 2.05 bits per heavy atom. The Kier molecular flexibility index (Phi) is 3.68. The average Bonchev–Trinajstić information content (AvgIpc) is 2.26. The molecule has 1 atom stereocenters. The highest BCUT2D eigenvalue weighted by molar-refractivity contribution is 5.69. The van der Waals surface area contributed by atoms with E-state index in [9.17, 15) is 9.90 Å². The number of carboxylic acid groups (broad SMARTS) is 1. The van der Waals surface area contributed by atoms with Gasteiger partial charge in [-0.1, -0.05) is 24.3 Å². The van der Waals surface area contributed by atoms with Gasteiger partial charge in [-0.15, -0.1) is 0 Å². The highest BCUT2D eigenvalue weighted by Gasteiger charge is 2.44. The zero-order chi connectivity index (χ0) is 14.1. The summed E-state index contributed by atoms with van der Waals surface area (Å²) >= 11 is 0. The van der Waals surface area contributed by atoms with Crippen molar-refractivity contribution < 1.29 is 14.6 Å². The number of hydrogen-bond donors (Lipinski definition) is 1. The van der Waals surface area contributed by atoms with E-state index in [0.717, 1.165) is 18.4 Å². The van der Waals surface area contributed by atoms with Crippen LogP contribution in [0.5, 0.6) is 0 Å². The molecule has 0 radical (unpaired) electrons. The first-order valence-corrected chi connectivity index (χ1v) is 6.77. The molecule has 1 aliphatic rings. The number of rotatable bonds is 3. The lowest BCUT2D eigenvalue weighted by atomic mass is 9.66. The van der Waals surface area contributed by atoms with Crippen LogP contribution in [0.15, 0.2) is 24.3 Å². The molecule has 1 fully saturated rings. The summed E-state index contributed by atoms with van der Waals surface area (Å²) in [6.07, 6.45) is 1.69. The topological polar surface area (TPSA) is 46.5 Å². The van der Waals surface area contributed by atoms with Crippen LogP contribution in [0.3, 0.4) is 0 Å². The second-order valence-electron chi connectivity index (χ2n) is 6.20. The molecule has 0 amide bonds. The Balaban J connectivity index is 2.46. The number of aliphatic carboxylic acids is 1. The minimum absolute atomic E-state index is 0.171. The van der Waals surface area contributed by atoms with Crippen molar-refractivity contribution in [2.45, 2.75) is 51.0 Å². The molecule has 1 aromatic carbocycles. The third-order valence-corrected chi connectivity index (χ3v) is 4.04. The average molecular weight is 262 g/mol. The van der Waals surface area contributed by atoms with Crippen molar-refractivity contribution >= 4 is 5.97 Å². The molecule has 0 bridgehead atoms. The summed E-state index contributed by atoms with van der Waals surface area (Å²) in [5, 5.41) is 9.31. The van der Waals surface area contributed by atoms with Gasteiger partial charge in [0, 0.05) is 12.0 Å². The minimum Gasteiger partial charge on any atom is -0.481 e. The molecule has 1 aromatic rings. The third kappa shape index (κ3) is 2.98. The summed E-state index contributed by atoms with van der Waals surface area (Å²) in [7, 11) is 0. The van der Waals surface area contributed by atoms with Crippen molar-refractivity contribution in [3.8, 4) is 0 Å². The Morgan fingerprint density at radius 1 is 1.37 bits per heavy atom. The zero-order valence-electron chi connectivity index (χ0n) is 11.9. The lowest BCUT2D eigenvalue weighted by molar-refractivity contribution is -0.142. The Hall–Kier alpha value is -1.35. The van der Waals surface area contributed by atoms with Gasteiger partial charge >= 0.3 is 5.97 Å². The molecular formula is C16H22O3. The number of carbonyl (C=O) groups is 1. The van der Waals surface area contributed by atoms with Gasteiger partial charge in [0.15, 0.2) is 0 Å². The molecule has 3 heteroatoms. The molecular weight excluding hydrogens is 240 g/mol. The molecule has 0 spiro atoms. The first-order valence-electron chi connectivity index (χ1n) is 6.77. The quantitative estimate of drug-likeness (QED) is 0.909. The molecule has 1 N–H and O–H groups in total.